The van der Waals surface area contributed by atoms with Gasteiger partial charge in [0.2, 0.25) is 0 Å². The van der Waals surface area contributed by atoms with Crippen LogP contribution in [0.3, 0.4) is 0 Å². The molecular weight excluding hydrogens is 248 g/mol. The fraction of sp³-hybridized carbons (Fsp3) is 0.812. The molecule has 0 aromatic carbocycles. The first-order chi connectivity index (χ1) is 9.52. The Morgan fingerprint density at radius 1 is 1.45 bits per heavy atom. The fourth-order valence-electron chi connectivity index (χ4n) is 3.35. The molecule has 4 nitrogen and oxygen atoms in total. The van der Waals surface area contributed by atoms with Crippen molar-refractivity contribution in [3.05, 3.63) is 17.5 Å². The molecule has 2 rings (SSSR count). The van der Waals surface area contributed by atoms with Gasteiger partial charge in [-0.05, 0) is 52.6 Å². The molecule has 1 saturated heterocycles. The van der Waals surface area contributed by atoms with Crippen LogP contribution in [0.4, 0.5) is 0 Å². The summed E-state index contributed by atoms with van der Waals surface area (Å²) in [7, 11) is 2.01. The molecule has 3 atom stereocenters. The third kappa shape index (κ3) is 3.41. The first-order valence-corrected chi connectivity index (χ1v) is 7.99. The molecule has 1 aromatic rings. The van der Waals surface area contributed by atoms with Crippen LogP contribution >= 0.6 is 0 Å². The molecule has 1 aliphatic heterocycles. The number of aromatic nitrogens is 2. The molecule has 1 N–H and O–H groups in total. The van der Waals surface area contributed by atoms with Crippen LogP contribution in [-0.2, 0) is 7.05 Å². The third-order valence-corrected chi connectivity index (χ3v) is 4.95. The largest absolute Gasteiger partial charge is 0.307 e. The van der Waals surface area contributed by atoms with E-state index in [0.717, 1.165) is 5.92 Å². The van der Waals surface area contributed by atoms with Gasteiger partial charge in [0.15, 0.2) is 0 Å². The molecule has 1 fully saturated rings. The van der Waals surface area contributed by atoms with Crippen LogP contribution in [0.2, 0.25) is 0 Å². The van der Waals surface area contributed by atoms with Gasteiger partial charge in [0, 0.05) is 36.9 Å². The van der Waals surface area contributed by atoms with E-state index in [1.165, 1.54) is 43.7 Å². The van der Waals surface area contributed by atoms with E-state index < -0.39 is 0 Å². The summed E-state index contributed by atoms with van der Waals surface area (Å²) in [5.74, 6) is 0.767. The van der Waals surface area contributed by atoms with Crippen molar-refractivity contribution in [2.45, 2.75) is 52.6 Å². The van der Waals surface area contributed by atoms with Crippen LogP contribution < -0.4 is 5.32 Å². The van der Waals surface area contributed by atoms with E-state index in [-0.39, 0.29) is 0 Å². The summed E-state index contributed by atoms with van der Waals surface area (Å²) in [6, 6.07) is 0.926. The maximum absolute atomic E-state index is 4.35. The Hall–Kier alpha value is -0.870. The quantitative estimate of drug-likeness (QED) is 0.898. The minimum atomic E-state index is 0.371. The lowest BCUT2D eigenvalue weighted by atomic mass is 9.91. The monoisotopic (exact) mass is 278 g/mol. The second-order valence-corrected chi connectivity index (χ2v) is 6.28. The van der Waals surface area contributed by atoms with Gasteiger partial charge in [-0.3, -0.25) is 4.68 Å². The van der Waals surface area contributed by atoms with Crippen molar-refractivity contribution in [1.29, 1.82) is 0 Å². The molecule has 20 heavy (non-hydrogen) atoms. The second kappa shape index (κ2) is 6.72. The van der Waals surface area contributed by atoms with Crippen LogP contribution in [0.15, 0.2) is 6.20 Å². The van der Waals surface area contributed by atoms with Gasteiger partial charge in [-0.25, -0.2) is 0 Å². The Morgan fingerprint density at radius 2 is 2.20 bits per heavy atom. The highest BCUT2D eigenvalue weighted by Gasteiger charge is 2.25. The highest BCUT2D eigenvalue weighted by atomic mass is 15.3. The molecule has 0 bridgehead atoms. The molecule has 2 heterocycles. The van der Waals surface area contributed by atoms with E-state index in [4.69, 9.17) is 0 Å². The highest BCUT2D eigenvalue weighted by molar-refractivity contribution is 5.19. The van der Waals surface area contributed by atoms with Gasteiger partial charge in [-0.2, -0.15) is 5.10 Å². The average molecular weight is 278 g/mol. The van der Waals surface area contributed by atoms with Gasteiger partial charge in [-0.1, -0.05) is 6.92 Å². The molecule has 3 unspecified atom stereocenters. The van der Waals surface area contributed by atoms with Crippen molar-refractivity contribution in [2.75, 3.05) is 19.6 Å². The van der Waals surface area contributed by atoms with Gasteiger partial charge in [0.05, 0.1) is 6.20 Å². The number of aryl methyl sites for hydroxylation is 1. The smallest absolute Gasteiger partial charge is 0.0540 e. The number of nitrogens with one attached hydrogen (secondary N) is 1. The minimum Gasteiger partial charge on any atom is -0.307 e. The van der Waals surface area contributed by atoms with Crippen LogP contribution in [0.1, 0.15) is 50.9 Å². The Labute approximate surface area is 123 Å². The molecule has 0 amide bonds. The van der Waals surface area contributed by atoms with Crippen molar-refractivity contribution >= 4 is 0 Å². The summed E-state index contributed by atoms with van der Waals surface area (Å²) in [5, 5.41) is 8.14. The van der Waals surface area contributed by atoms with E-state index >= 15 is 0 Å². The lowest BCUT2D eigenvalue weighted by molar-refractivity contribution is 0.153. The van der Waals surface area contributed by atoms with Crippen LogP contribution in [0, 0.1) is 12.8 Å². The van der Waals surface area contributed by atoms with Crippen molar-refractivity contribution in [1.82, 2.24) is 20.0 Å². The predicted octanol–water partition coefficient (Wildman–Crippen LogP) is 2.50. The molecule has 1 aromatic heterocycles. The fourth-order valence-corrected chi connectivity index (χ4v) is 3.35. The second-order valence-electron chi connectivity index (χ2n) is 6.28. The van der Waals surface area contributed by atoms with Crippen LogP contribution in [-0.4, -0.2) is 40.4 Å². The summed E-state index contributed by atoms with van der Waals surface area (Å²) < 4.78 is 1.96. The molecular formula is C16H30N4. The van der Waals surface area contributed by atoms with Crippen molar-refractivity contribution in [3.63, 3.8) is 0 Å². The number of nitrogens with zero attached hydrogens (tertiary/aromatic N) is 3. The number of rotatable bonds is 5. The normalized spacial score (nSPS) is 23.8. The first kappa shape index (κ1) is 15.5. The molecule has 0 radical (unpaired) electrons. The summed E-state index contributed by atoms with van der Waals surface area (Å²) in [5.41, 5.74) is 2.58. The lowest BCUT2D eigenvalue weighted by Gasteiger charge is -2.36. The predicted molar refractivity (Wildman–Crippen MR) is 83.8 cm³/mol. The van der Waals surface area contributed by atoms with Crippen molar-refractivity contribution in [2.24, 2.45) is 13.0 Å². The maximum Gasteiger partial charge on any atom is 0.0540 e. The van der Waals surface area contributed by atoms with Crippen LogP contribution in [0.5, 0.6) is 0 Å². The SMILES string of the molecule is CCN1CCCC(C(C)NC(C)c2cnn(C)c2C)C1. The lowest BCUT2D eigenvalue weighted by Crippen LogP contribution is -2.45. The molecule has 4 heteroatoms. The van der Waals surface area contributed by atoms with Gasteiger partial charge < -0.3 is 10.2 Å². The van der Waals surface area contributed by atoms with E-state index in [9.17, 15) is 0 Å². The molecule has 1 aliphatic rings. The summed E-state index contributed by atoms with van der Waals surface area (Å²) >= 11 is 0. The highest BCUT2D eigenvalue weighted by Crippen LogP contribution is 2.23. The molecule has 114 valence electrons. The van der Waals surface area contributed by atoms with Gasteiger partial charge in [-0.15, -0.1) is 0 Å². The Balaban J connectivity index is 1.93. The molecule has 0 spiro atoms. The topological polar surface area (TPSA) is 33.1 Å². The number of piperidine rings is 1. The average Bonchev–Trinajstić information content (AvgIpc) is 2.79. The van der Waals surface area contributed by atoms with Crippen LogP contribution in [0.25, 0.3) is 0 Å². The summed E-state index contributed by atoms with van der Waals surface area (Å²) in [6.45, 7) is 12.7. The van der Waals surface area contributed by atoms with Crippen molar-refractivity contribution < 1.29 is 0 Å². The molecule has 0 saturated carbocycles. The number of hydrogen-bond donors (Lipinski definition) is 1. The first-order valence-electron chi connectivity index (χ1n) is 7.99. The Bertz CT molecular complexity index is 426. The Kier molecular flexibility index (Phi) is 5.22. The summed E-state index contributed by atoms with van der Waals surface area (Å²) in [6.07, 6.45) is 4.69. The van der Waals surface area contributed by atoms with Gasteiger partial charge in [0.1, 0.15) is 0 Å². The van der Waals surface area contributed by atoms with Gasteiger partial charge in [0.25, 0.3) is 0 Å². The minimum absolute atomic E-state index is 0.371. The summed E-state index contributed by atoms with van der Waals surface area (Å²) in [4.78, 5) is 2.58. The standard InChI is InChI=1S/C16H30N4/c1-6-20-9-7-8-15(11-20)12(2)18-13(3)16-10-17-19(5)14(16)4/h10,12-13,15,18H,6-9,11H2,1-5H3. The van der Waals surface area contributed by atoms with Gasteiger partial charge >= 0.3 is 0 Å². The number of hydrogen-bond acceptors (Lipinski definition) is 3. The number of likely N-dealkylation sites (tertiary alicyclic amines) is 1. The van der Waals surface area contributed by atoms with Crippen molar-refractivity contribution in [3.8, 4) is 0 Å². The zero-order valence-corrected chi connectivity index (χ0v) is 13.7. The molecule has 0 aliphatic carbocycles. The van der Waals surface area contributed by atoms with E-state index in [2.05, 4.69) is 43.0 Å². The van der Waals surface area contributed by atoms with E-state index in [0.29, 0.717) is 12.1 Å². The zero-order valence-electron chi connectivity index (χ0n) is 13.7. The maximum atomic E-state index is 4.35. The van der Waals surface area contributed by atoms with E-state index in [1.54, 1.807) is 0 Å². The third-order valence-electron chi connectivity index (χ3n) is 4.95. The van der Waals surface area contributed by atoms with E-state index in [1.807, 2.05) is 17.9 Å². The zero-order chi connectivity index (χ0) is 14.7. The Morgan fingerprint density at radius 3 is 2.80 bits per heavy atom.